The number of carbonyl (C=O) groups excluding carboxylic acids is 1. The van der Waals surface area contributed by atoms with E-state index in [9.17, 15) is 4.79 Å². The van der Waals surface area contributed by atoms with Crippen LogP contribution in [0.4, 0.5) is 0 Å². The maximum absolute atomic E-state index is 13.1. The Morgan fingerprint density at radius 1 is 1.00 bits per heavy atom. The molecule has 2 aromatic rings. The van der Waals surface area contributed by atoms with Gasteiger partial charge in [-0.05, 0) is 36.6 Å². The number of hydrazone groups is 1. The predicted octanol–water partition coefficient (Wildman–Crippen LogP) is 4.77. The summed E-state index contributed by atoms with van der Waals surface area (Å²) in [6.07, 6.45) is 8.19. The average molecular weight is 405 g/mol. The van der Waals surface area contributed by atoms with Crippen molar-refractivity contribution >= 4 is 17.7 Å². The summed E-state index contributed by atoms with van der Waals surface area (Å²) >= 11 is 0. The van der Waals surface area contributed by atoms with Crippen molar-refractivity contribution < 1.29 is 14.3 Å². The maximum atomic E-state index is 13.1. The summed E-state index contributed by atoms with van der Waals surface area (Å²) in [6, 6.07) is 16.0. The number of rotatable bonds is 6. The highest BCUT2D eigenvalue weighted by atomic mass is 16.5. The highest BCUT2D eigenvalue weighted by Crippen LogP contribution is 2.39. The molecule has 2 unspecified atom stereocenters. The van der Waals surface area contributed by atoms with E-state index >= 15 is 0 Å². The molecule has 1 fully saturated rings. The van der Waals surface area contributed by atoms with E-state index < -0.39 is 0 Å². The molecule has 1 aliphatic carbocycles. The average Bonchev–Trinajstić information content (AvgIpc) is 2.81. The van der Waals surface area contributed by atoms with Crippen LogP contribution in [0.5, 0.6) is 11.5 Å². The van der Waals surface area contributed by atoms with Crippen molar-refractivity contribution in [1.29, 1.82) is 0 Å². The van der Waals surface area contributed by atoms with Crippen molar-refractivity contribution in [2.75, 3.05) is 20.8 Å². The van der Waals surface area contributed by atoms with Crippen LogP contribution in [0.3, 0.4) is 0 Å². The fourth-order valence-corrected chi connectivity index (χ4v) is 4.45. The summed E-state index contributed by atoms with van der Waals surface area (Å²) in [5.41, 5.74) is 3.09. The van der Waals surface area contributed by atoms with Gasteiger partial charge in [0.1, 0.15) is 0 Å². The van der Waals surface area contributed by atoms with Crippen LogP contribution in [0.2, 0.25) is 0 Å². The molecule has 0 radical (unpaired) electrons. The van der Waals surface area contributed by atoms with Crippen LogP contribution in [0.15, 0.2) is 59.7 Å². The molecule has 4 rings (SSSR count). The van der Waals surface area contributed by atoms with Gasteiger partial charge >= 0.3 is 0 Å². The second kappa shape index (κ2) is 9.16. The minimum Gasteiger partial charge on any atom is -0.493 e. The van der Waals surface area contributed by atoms with Crippen LogP contribution in [0.25, 0.3) is 6.08 Å². The van der Waals surface area contributed by atoms with Crippen LogP contribution in [0.1, 0.15) is 36.8 Å². The number of ether oxygens (including phenoxy) is 2. The van der Waals surface area contributed by atoms with Gasteiger partial charge in [0.2, 0.25) is 5.91 Å². The molecule has 1 saturated carbocycles. The zero-order valence-corrected chi connectivity index (χ0v) is 17.6. The molecule has 30 heavy (non-hydrogen) atoms. The molecule has 5 nitrogen and oxygen atoms in total. The number of fused-ring (bicyclic) bond motifs is 1. The lowest BCUT2D eigenvalue weighted by atomic mass is 9.73. The van der Waals surface area contributed by atoms with E-state index in [2.05, 4.69) is 0 Å². The number of carbonyl (C=O) groups is 1. The second-order valence-electron chi connectivity index (χ2n) is 7.79. The molecule has 5 heteroatoms. The van der Waals surface area contributed by atoms with Crippen molar-refractivity contribution in [3.63, 3.8) is 0 Å². The third kappa shape index (κ3) is 4.11. The van der Waals surface area contributed by atoms with Crippen LogP contribution in [-0.2, 0) is 4.79 Å². The van der Waals surface area contributed by atoms with E-state index in [0.29, 0.717) is 18.0 Å². The normalized spacial score (nSPS) is 21.3. The number of nitrogens with zero attached hydrogens (tertiary/aromatic N) is 2. The Balaban J connectivity index is 1.65. The predicted molar refractivity (Wildman–Crippen MR) is 119 cm³/mol. The number of benzene rings is 2. The first-order valence-corrected chi connectivity index (χ1v) is 10.5. The van der Waals surface area contributed by atoms with Gasteiger partial charge < -0.3 is 9.47 Å². The lowest BCUT2D eigenvalue weighted by Gasteiger charge is -2.38. The van der Waals surface area contributed by atoms with Gasteiger partial charge in [0.05, 0.1) is 26.5 Å². The standard InChI is InChI=1S/C25H28N2O3/c1-29-22-15-14-19(17-23(22)30-2)24-20-12-6-7-13-21(20)25(28)27(26-24)16-8-11-18-9-4-3-5-10-18/h3-5,8-11,14-15,17,20-21H,6-7,12-13,16H2,1-2H3/b11-8+. The van der Waals surface area contributed by atoms with Gasteiger partial charge in [-0.3, -0.25) is 4.79 Å². The molecule has 0 spiro atoms. The Morgan fingerprint density at radius 2 is 1.73 bits per heavy atom. The minimum absolute atomic E-state index is 0.00414. The molecule has 2 atom stereocenters. The van der Waals surface area contributed by atoms with Crippen LogP contribution in [-0.4, -0.2) is 37.4 Å². The van der Waals surface area contributed by atoms with Gasteiger partial charge in [-0.2, -0.15) is 5.10 Å². The highest BCUT2D eigenvalue weighted by molar-refractivity contribution is 6.07. The molecule has 0 bridgehead atoms. The minimum atomic E-state index is 0.00414. The molecule has 156 valence electrons. The molecule has 1 heterocycles. The Labute approximate surface area is 178 Å². The summed E-state index contributed by atoms with van der Waals surface area (Å²) in [4.78, 5) is 13.1. The Bertz CT molecular complexity index is 952. The Hall–Kier alpha value is -3.08. The van der Waals surface area contributed by atoms with Crippen LogP contribution >= 0.6 is 0 Å². The van der Waals surface area contributed by atoms with Crippen molar-refractivity contribution in [3.05, 3.63) is 65.7 Å². The van der Waals surface area contributed by atoms with Crippen molar-refractivity contribution in [2.45, 2.75) is 25.7 Å². The van der Waals surface area contributed by atoms with E-state index in [4.69, 9.17) is 14.6 Å². The van der Waals surface area contributed by atoms with Gasteiger partial charge in [-0.25, -0.2) is 5.01 Å². The fraction of sp³-hybridized carbons (Fsp3) is 0.360. The van der Waals surface area contributed by atoms with Gasteiger partial charge in [0, 0.05) is 17.4 Å². The number of hydrogen-bond donors (Lipinski definition) is 0. The largest absolute Gasteiger partial charge is 0.493 e. The smallest absolute Gasteiger partial charge is 0.246 e. The SMILES string of the molecule is COc1ccc(C2=NN(C/C=C/c3ccccc3)C(=O)C3CCCCC23)cc1OC. The Morgan fingerprint density at radius 3 is 2.47 bits per heavy atom. The first-order valence-electron chi connectivity index (χ1n) is 10.5. The third-order valence-electron chi connectivity index (χ3n) is 5.98. The van der Waals surface area contributed by atoms with Crippen molar-refractivity contribution in [2.24, 2.45) is 16.9 Å². The highest BCUT2D eigenvalue weighted by Gasteiger charge is 2.41. The van der Waals surface area contributed by atoms with E-state index in [1.807, 2.05) is 60.7 Å². The fourth-order valence-electron chi connectivity index (χ4n) is 4.45. The van der Waals surface area contributed by atoms with Crippen LogP contribution < -0.4 is 9.47 Å². The number of amides is 1. The zero-order chi connectivity index (χ0) is 20.9. The Kier molecular flexibility index (Phi) is 6.17. The van der Waals surface area contributed by atoms with Gasteiger partial charge in [0.15, 0.2) is 11.5 Å². The first kappa shape index (κ1) is 20.2. The summed E-state index contributed by atoms with van der Waals surface area (Å²) in [6.45, 7) is 0.466. The van der Waals surface area contributed by atoms with E-state index in [0.717, 1.165) is 42.5 Å². The molecule has 2 aliphatic rings. The van der Waals surface area contributed by atoms with E-state index in [1.54, 1.807) is 19.2 Å². The third-order valence-corrected chi connectivity index (χ3v) is 5.98. The summed E-state index contributed by atoms with van der Waals surface area (Å²) in [7, 11) is 3.27. The zero-order valence-electron chi connectivity index (χ0n) is 17.6. The molecule has 0 N–H and O–H groups in total. The van der Waals surface area contributed by atoms with Crippen LogP contribution in [0, 0.1) is 11.8 Å². The molecule has 2 aromatic carbocycles. The first-order chi connectivity index (χ1) is 14.7. The quantitative estimate of drug-likeness (QED) is 0.697. The molecule has 1 amide bonds. The molecular formula is C25H28N2O3. The lowest BCUT2D eigenvalue weighted by Crippen LogP contribution is -2.46. The van der Waals surface area contributed by atoms with E-state index in [1.165, 1.54) is 0 Å². The van der Waals surface area contributed by atoms with Gasteiger partial charge in [0.25, 0.3) is 0 Å². The monoisotopic (exact) mass is 404 g/mol. The second-order valence-corrected chi connectivity index (χ2v) is 7.79. The van der Waals surface area contributed by atoms with Crippen molar-refractivity contribution in [3.8, 4) is 11.5 Å². The van der Waals surface area contributed by atoms with E-state index in [-0.39, 0.29) is 17.7 Å². The van der Waals surface area contributed by atoms with Crippen molar-refractivity contribution in [1.82, 2.24) is 5.01 Å². The molecule has 0 aromatic heterocycles. The summed E-state index contributed by atoms with van der Waals surface area (Å²) in [5, 5.41) is 6.47. The lowest BCUT2D eigenvalue weighted by molar-refractivity contribution is -0.138. The number of methoxy groups -OCH3 is 2. The van der Waals surface area contributed by atoms with Gasteiger partial charge in [-0.1, -0.05) is 55.3 Å². The topological polar surface area (TPSA) is 51.1 Å². The summed E-state index contributed by atoms with van der Waals surface area (Å²) in [5.74, 6) is 1.68. The molecule has 1 aliphatic heterocycles. The summed E-state index contributed by atoms with van der Waals surface area (Å²) < 4.78 is 10.9. The van der Waals surface area contributed by atoms with Gasteiger partial charge in [-0.15, -0.1) is 0 Å². The number of hydrogen-bond acceptors (Lipinski definition) is 4. The molecule has 0 saturated heterocycles. The molecular weight excluding hydrogens is 376 g/mol. The maximum Gasteiger partial charge on any atom is 0.246 e.